The maximum Gasteiger partial charge on any atom is 0.284 e. The molecule has 0 saturated heterocycles. The van der Waals surface area contributed by atoms with E-state index in [1.165, 1.54) is 43.1 Å². The van der Waals surface area contributed by atoms with E-state index in [1.54, 1.807) is 0 Å². The molecule has 46 heavy (non-hydrogen) atoms. The number of ketones is 1. The molecule has 222 valence electrons. The number of benzene rings is 7. The number of halogens is 1. The lowest BCUT2D eigenvalue weighted by atomic mass is 9.95. The summed E-state index contributed by atoms with van der Waals surface area (Å²) in [7, 11) is 0. The number of non-ortho nitro benzene ring substituents is 2. The van der Waals surface area contributed by atoms with Gasteiger partial charge in [-0.15, -0.1) is 0 Å². The lowest BCUT2D eigenvalue weighted by Crippen LogP contribution is -2.00. The number of hydrogen-bond acceptors (Lipinski definition) is 7. The highest BCUT2D eigenvalue weighted by molar-refractivity contribution is 9.10. The molecule has 0 radical (unpaired) electrons. The number of nitrogens with zero attached hydrogens (tertiary/aromatic N) is 3. The van der Waals surface area contributed by atoms with Gasteiger partial charge in [0.15, 0.2) is 5.78 Å². The predicted molar refractivity (Wildman–Crippen MR) is 179 cm³/mol. The van der Waals surface area contributed by atoms with Crippen LogP contribution in [0, 0.1) is 30.3 Å². The second-order valence-corrected chi connectivity index (χ2v) is 11.6. The molecule has 0 heterocycles. The van der Waals surface area contributed by atoms with Crippen LogP contribution in [0.5, 0.6) is 0 Å². The number of fused-ring (bicyclic) bond motifs is 9. The zero-order valence-corrected chi connectivity index (χ0v) is 25.1. The van der Waals surface area contributed by atoms with Crippen LogP contribution in [-0.2, 0) is 0 Å². The Balaban J connectivity index is 0.000000147. The van der Waals surface area contributed by atoms with Gasteiger partial charge in [-0.3, -0.25) is 35.1 Å². The molecule has 0 aromatic heterocycles. The molecular weight excluding hydrogens is 654 g/mol. The van der Waals surface area contributed by atoms with Gasteiger partial charge in [0, 0.05) is 39.4 Å². The average Bonchev–Trinajstić information content (AvgIpc) is 3.35. The molecule has 1 aliphatic carbocycles. The van der Waals surface area contributed by atoms with E-state index in [-0.39, 0.29) is 32.4 Å². The van der Waals surface area contributed by atoms with Gasteiger partial charge in [0.25, 0.3) is 17.1 Å². The number of carbonyl (C=O) groups is 1. The first-order valence-corrected chi connectivity index (χ1v) is 14.6. The number of hydrogen-bond donors (Lipinski definition) is 0. The monoisotopic (exact) mass is 671 g/mol. The van der Waals surface area contributed by atoms with Crippen LogP contribution in [0.3, 0.4) is 0 Å². The molecule has 7 aromatic rings. The molecule has 0 atom stereocenters. The molecule has 11 heteroatoms. The Bertz CT molecular complexity index is 2420. The van der Waals surface area contributed by atoms with Gasteiger partial charge in [0.2, 0.25) is 0 Å². The van der Waals surface area contributed by atoms with E-state index >= 15 is 0 Å². The van der Waals surface area contributed by atoms with Crippen molar-refractivity contribution in [1.82, 2.24) is 0 Å². The van der Waals surface area contributed by atoms with E-state index in [0.29, 0.717) is 0 Å². The highest BCUT2D eigenvalue weighted by atomic mass is 79.9. The topological polar surface area (TPSA) is 146 Å². The Kier molecular flexibility index (Phi) is 6.75. The van der Waals surface area contributed by atoms with Crippen LogP contribution in [0.2, 0.25) is 0 Å². The lowest BCUT2D eigenvalue weighted by molar-refractivity contribution is -0.393. The van der Waals surface area contributed by atoms with E-state index in [2.05, 4.69) is 101 Å². The van der Waals surface area contributed by atoms with Crippen LogP contribution in [0.1, 0.15) is 15.9 Å². The maximum absolute atomic E-state index is 12.5. The molecule has 0 N–H and O–H groups in total. The molecule has 8 rings (SSSR count). The second-order valence-electron chi connectivity index (χ2n) is 10.7. The Morgan fingerprint density at radius 3 is 1.43 bits per heavy atom. The fourth-order valence-corrected chi connectivity index (χ4v) is 6.74. The highest BCUT2D eigenvalue weighted by Crippen LogP contribution is 2.48. The molecule has 0 saturated carbocycles. The van der Waals surface area contributed by atoms with E-state index in [0.717, 1.165) is 24.3 Å². The Morgan fingerprint density at radius 2 is 0.935 bits per heavy atom. The number of carbonyl (C=O) groups excluding carboxylic acids is 1. The van der Waals surface area contributed by atoms with Crippen molar-refractivity contribution in [3.8, 4) is 11.1 Å². The minimum Gasteiger partial charge on any atom is -0.289 e. The first-order chi connectivity index (χ1) is 22.1. The van der Waals surface area contributed by atoms with E-state index < -0.39 is 31.9 Å². The van der Waals surface area contributed by atoms with Gasteiger partial charge >= 0.3 is 0 Å². The van der Waals surface area contributed by atoms with Gasteiger partial charge in [-0.2, -0.15) is 0 Å². The van der Waals surface area contributed by atoms with Crippen molar-refractivity contribution >= 4 is 81.9 Å². The van der Waals surface area contributed by atoms with Gasteiger partial charge in [-0.25, -0.2) is 0 Å². The minimum atomic E-state index is -0.846. The smallest absolute Gasteiger partial charge is 0.284 e. The molecule has 0 amide bonds. The molecule has 0 aliphatic heterocycles. The van der Waals surface area contributed by atoms with Crippen LogP contribution in [-0.4, -0.2) is 20.6 Å². The van der Waals surface area contributed by atoms with Gasteiger partial charge in [0.1, 0.15) is 0 Å². The standard InChI is InChI=1S/C22H14.C13H4BrN3O7/c1-3-7-19-15(5-1)9-11-17-14-22-18(13-21(17)19)12-10-16-6-2-4-8-20(16)22;14-9-3-5(15(19)20)1-7-11(9)12-8(13(7)18)2-6(16(21)22)4-10(12)17(23)24/h1-14H;1-4H. The molecule has 0 fully saturated rings. The predicted octanol–water partition coefficient (Wildman–Crippen LogP) is 9.68. The van der Waals surface area contributed by atoms with Crippen LogP contribution < -0.4 is 0 Å². The van der Waals surface area contributed by atoms with E-state index in [4.69, 9.17) is 0 Å². The van der Waals surface area contributed by atoms with Crippen LogP contribution in [0.4, 0.5) is 17.1 Å². The quantitative estimate of drug-likeness (QED) is 0.0786. The minimum absolute atomic E-state index is 0.0904. The third-order valence-corrected chi connectivity index (χ3v) is 8.77. The largest absolute Gasteiger partial charge is 0.289 e. The lowest BCUT2D eigenvalue weighted by Gasteiger charge is -2.08. The zero-order valence-electron chi connectivity index (χ0n) is 23.5. The van der Waals surface area contributed by atoms with Crippen molar-refractivity contribution in [1.29, 1.82) is 0 Å². The van der Waals surface area contributed by atoms with Crippen molar-refractivity contribution in [3.63, 3.8) is 0 Å². The zero-order chi connectivity index (χ0) is 32.3. The third-order valence-electron chi connectivity index (χ3n) is 8.14. The summed E-state index contributed by atoms with van der Waals surface area (Å²) in [6.07, 6.45) is 0. The fraction of sp³-hybridized carbons (Fsp3) is 0. The highest BCUT2D eigenvalue weighted by Gasteiger charge is 2.38. The first-order valence-electron chi connectivity index (χ1n) is 13.8. The molecule has 1 aliphatic rings. The van der Waals surface area contributed by atoms with Gasteiger partial charge in [-0.1, -0.05) is 72.8 Å². The molecule has 7 aromatic carbocycles. The summed E-state index contributed by atoms with van der Waals surface area (Å²) in [4.78, 5) is 43.2. The molecular formula is C35H18BrN3O7. The second kappa shape index (κ2) is 10.8. The van der Waals surface area contributed by atoms with Gasteiger partial charge < -0.3 is 0 Å². The van der Waals surface area contributed by atoms with Gasteiger partial charge in [0.05, 0.1) is 26.4 Å². The summed E-state index contributed by atoms with van der Waals surface area (Å²) in [6, 6.07) is 34.6. The Hall–Kier alpha value is -6.07. The van der Waals surface area contributed by atoms with Gasteiger partial charge in [-0.05, 0) is 71.2 Å². The van der Waals surface area contributed by atoms with E-state index in [9.17, 15) is 35.1 Å². The average molecular weight is 672 g/mol. The van der Waals surface area contributed by atoms with Crippen LogP contribution in [0.15, 0.2) is 114 Å². The molecule has 0 bridgehead atoms. The normalized spacial score (nSPS) is 11.7. The maximum atomic E-state index is 12.5. The summed E-state index contributed by atoms with van der Waals surface area (Å²) in [5.74, 6) is -0.740. The fourth-order valence-electron chi connectivity index (χ4n) is 6.09. The van der Waals surface area contributed by atoms with Crippen molar-refractivity contribution in [2.24, 2.45) is 0 Å². The summed E-state index contributed by atoms with van der Waals surface area (Å²) in [5.41, 5.74) is -1.91. The summed E-state index contributed by atoms with van der Waals surface area (Å²) >= 11 is 3.08. The summed E-state index contributed by atoms with van der Waals surface area (Å²) < 4.78 is 0.121. The van der Waals surface area contributed by atoms with Crippen molar-refractivity contribution in [2.75, 3.05) is 0 Å². The molecule has 0 spiro atoms. The Morgan fingerprint density at radius 1 is 0.478 bits per heavy atom. The molecule has 0 unspecified atom stereocenters. The summed E-state index contributed by atoms with van der Waals surface area (Å²) in [5, 5.41) is 43.7. The first kappa shape index (κ1) is 28.7. The SMILES string of the molecule is O=C1c2cc([N+](=O)[O-])cc(Br)c2-c2c1cc([N+](=O)[O-])cc2[N+](=O)[O-].c1ccc2c(c1)ccc1cc3c(ccc4ccccc43)cc12. The van der Waals surface area contributed by atoms with Crippen molar-refractivity contribution in [3.05, 3.63) is 155 Å². The number of nitro benzene ring substituents is 3. The van der Waals surface area contributed by atoms with Crippen molar-refractivity contribution < 1.29 is 19.6 Å². The Labute approximate surface area is 267 Å². The molecule has 10 nitrogen and oxygen atoms in total. The van der Waals surface area contributed by atoms with Crippen molar-refractivity contribution in [2.45, 2.75) is 0 Å². The van der Waals surface area contributed by atoms with E-state index in [1.807, 2.05) is 0 Å². The van der Waals surface area contributed by atoms with Crippen LogP contribution in [0.25, 0.3) is 54.2 Å². The summed E-state index contributed by atoms with van der Waals surface area (Å²) in [6.45, 7) is 0. The number of rotatable bonds is 3. The third kappa shape index (κ3) is 4.61. The van der Waals surface area contributed by atoms with Crippen LogP contribution >= 0.6 is 15.9 Å². The number of nitro groups is 3.